The Labute approximate surface area is 174 Å². The molecule has 0 unspecified atom stereocenters. The number of urea groups is 1. The molecule has 4 rings (SSSR count). The number of imide groups is 1. The van der Waals surface area contributed by atoms with E-state index >= 15 is 0 Å². The third-order valence-corrected chi connectivity index (χ3v) is 6.68. The van der Waals surface area contributed by atoms with Gasteiger partial charge in [0.25, 0.3) is 5.91 Å². The molecule has 1 fully saturated rings. The van der Waals surface area contributed by atoms with Crippen LogP contribution in [-0.2, 0) is 16.8 Å². The normalized spacial score (nSPS) is 22.1. The summed E-state index contributed by atoms with van der Waals surface area (Å²) in [5.74, 6) is 0.731. The first-order valence-electron chi connectivity index (χ1n) is 10.0. The van der Waals surface area contributed by atoms with Crippen LogP contribution >= 0.6 is 11.3 Å². The number of thiophene rings is 1. The van der Waals surface area contributed by atoms with Gasteiger partial charge in [-0.15, -0.1) is 11.3 Å². The number of nitrogens with zero attached hydrogens (tertiary/aromatic N) is 1. The first kappa shape index (κ1) is 19.9. The number of hydrogen-bond donors (Lipinski definition) is 2. The maximum atomic E-state index is 13.2. The number of hydrogen-bond acceptors (Lipinski definition) is 5. The van der Waals surface area contributed by atoms with E-state index in [1.54, 1.807) is 11.3 Å². The summed E-state index contributed by atoms with van der Waals surface area (Å²) in [5.41, 5.74) is 0.988. The van der Waals surface area contributed by atoms with Crippen molar-refractivity contribution in [2.45, 2.75) is 50.7 Å². The van der Waals surface area contributed by atoms with Crippen LogP contribution < -0.4 is 10.1 Å². The summed E-state index contributed by atoms with van der Waals surface area (Å²) < 4.78 is 5.80. The minimum Gasteiger partial charge on any atom is -0.491 e. The smallest absolute Gasteiger partial charge is 0.325 e. The number of aryl methyl sites for hydroxylation is 1. The van der Waals surface area contributed by atoms with Crippen LogP contribution in [0.3, 0.4) is 0 Å². The van der Waals surface area contributed by atoms with Gasteiger partial charge in [0.1, 0.15) is 24.0 Å². The lowest BCUT2D eigenvalue weighted by Crippen LogP contribution is -2.46. The van der Waals surface area contributed by atoms with Gasteiger partial charge in [0.05, 0.1) is 6.54 Å². The van der Waals surface area contributed by atoms with Crippen LogP contribution in [-0.4, -0.2) is 41.2 Å². The Morgan fingerprint density at radius 1 is 1.28 bits per heavy atom. The number of aliphatic hydroxyl groups excluding tert-OH is 1. The molecule has 2 heterocycles. The molecule has 2 N–H and O–H groups in total. The molecule has 0 radical (unpaired) electrons. The fourth-order valence-corrected chi connectivity index (χ4v) is 5.25. The Hall–Kier alpha value is -2.38. The van der Waals surface area contributed by atoms with Gasteiger partial charge in [-0.25, -0.2) is 4.79 Å². The largest absolute Gasteiger partial charge is 0.491 e. The van der Waals surface area contributed by atoms with Crippen molar-refractivity contribution < 1.29 is 19.4 Å². The van der Waals surface area contributed by atoms with Crippen molar-refractivity contribution in [2.75, 3.05) is 13.2 Å². The Morgan fingerprint density at radius 3 is 2.86 bits per heavy atom. The molecular formula is C22H26N2O4S. The van der Waals surface area contributed by atoms with Crippen molar-refractivity contribution in [3.05, 3.63) is 51.7 Å². The van der Waals surface area contributed by atoms with Crippen LogP contribution in [0.15, 0.2) is 35.7 Å². The zero-order valence-corrected chi connectivity index (χ0v) is 17.5. The molecule has 3 amide bonds. The van der Waals surface area contributed by atoms with E-state index in [-0.39, 0.29) is 19.1 Å². The molecule has 2 atom stereocenters. The van der Waals surface area contributed by atoms with Crippen molar-refractivity contribution in [3.8, 4) is 5.75 Å². The maximum Gasteiger partial charge on any atom is 0.325 e. The average molecular weight is 415 g/mol. The van der Waals surface area contributed by atoms with Crippen LogP contribution in [0.2, 0.25) is 0 Å². The number of nitrogens with one attached hydrogen (secondary N) is 1. The first-order valence-corrected chi connectivity index (χ1v) is 10.9. The lowest BCUT2D eigenvalue weighted by atomic mass is 9.80. The number of benzene rings is 1. The van der Waals surface area contributed by atoms with E-state index in [4.69, 9.17) is 4.74 Å². The van der Waals surface area contributed by atoms with Crippen LogP contribution in [0.25, 0.3) is 0 Å². The van der Waals surface area contributed by atoms with Gasteiger partial charge in [-0.1, -0.05) is 32.0 Å². The van der Waals surface area contributed by atoms with Gasteiger partial charge >= 0.3 is 6.03 Å². The molecule has 0 bridgehead atoms. The van der Waals surface area contributed by atoms with Crippen LogP contribution in [0.5, 0.6) is 5.75 Å². The lowest BCUT2D eigenvalue weighted by molar-refractivity contribution is -0.133. The van der Waals surface area contributed by atoms with Gasteiger partial charge < -0.3 is 15.2 Å². The number of para-hydroxylation sites is 1. The second-order valence-corrected chi connectivity index (χ2v) is 9.02. The molecule has 2 aliphatic rings. The van der Waals surface area contributed by atoms with E-state index in [1.165, 1.54) is 0 Å². The summed E-state index contributed by atoms with van der Waals surface area (Å²) in [6, 6.07) is 9.18. The zero-order chi connectivity index (χ0) is 20.6. The van der Waals surface area contributed by atoms with Gasteiger partial charge in [-0.05, 0) is 48.3 Å². The Bertz CT molecular complexity index is 925. The van der Waals surface area contributed by atoms with Crippen LogP contribution in [0, 0.1) is 0 Å². The molecule has 1 aliphatic carbocycles. The summed E-state index contributed by atoms with van der Waals surface area (Å²) in [4.78, 5) is 28.1. The van der Waals surface area contributed by atoms with Crippen molar-refractivity contribution in [1.82, 2.24) is 10.2 Å². The summed E-state index contributed by atoms with van der Waals surface area (Å²) in [7, 11) is 0. The van der Waals surface area contributed by atoms with Crippen LogP contribution in [0.1, 0.15) is 48.6 Å². The maximum absolute atomic E-state index is 13.2. The topological polar surface area (TPSA) is 78.9 Å². The second kappa shape index (κ2) is 7.80. The Morgan fingerprint density at radius 2 is 2.07 bits per heavy atom. The molecule has 1 saturated heterocycles. The van der Waals surface area contributed by atoms with Crippen molar-refractivity contribution >= 4 is 23.3 Å². The Balaban J connectivity index is 1.44. The second-order valence-electron chi connectivity index (χ2n) is 8.02. The summed E-state index contributed by atoms with van der Waals surface area (Å²) in [6.45, 7) is 4.08. The molecule has 29 heavy (non-hydrogen) atoms. The average Bonchev–Trinajstić information content (AvgIpc) is 3.27. The highest BCUT2D eigenvalue weighted by Crippen LogP contribution is 2.42. The van der Waals surface area contributed by atoms with E-state index in [1.807, 2.05) is 35.7 Å². The molecule has 7 heteroatoms. The minimum atomic E-state index is -0.977. The van der Waals surface area contributed by atoms with E-state index in [2.05, 4.69) is 19.2 Å². The zero-order valence-electron chi connectivity index (χ0n) is 16.7. The van der Waals surface area contributed by atoms with Gasteiger partial charge in [-0.2, -0.15) is 0 Å². The number of amides is 3. The molecule has 1 aromatic heterocycles. The molecule has 0 saturated carbocycles. The molecule has 2 aromatic rings. The van der Waals surface area contributed by atoms with Gasteiger partial charge in [0, 0.05) is 10.4 Å². The third kappa shape index (κ3) is 3.53. The summed E-state index contributed by atoms with van der Waals surface area (Å²) >= 11 is 1.62. The van der Waals surface area contributed by atoms with E-state index in [0.29, 0.717) is 18.1 Å². The monoisotopic (exact) mass is 414 g/mol. The summed E-state index contributed by atoms with van der Waals surface area (Å²) in [5, 5.41) is 15.4. The van der Waals surface area contributed by atoms with Gasteiger partial charge in [-0.3, -0.25) is 9.69 Å². The van der Waals surface area contributed by atoms with Crippen molar-refractivity contribution in [3.63, 3.8) is 0 Å². The summed E-state index contributed by atoms with van der Waals surface area (Å²) in [6.07, 6.45) is 1.41. The van der Waals surface area contributed by atoms with E-state index in [9.17, 15) is 14.7 Å². The third-order valence-electron chi connectivity index (χ3n) is 5.70. The van der Waals surface area contributed by atoms with Gasteiger partial charge in [0.15, 0.2) is 0 Å². The van der Waals surface area contributed by atoms with E-state index < -0.39 is 17.7 Å². The fourth-order valence-electron chi connectivity index (χ4n) is 4.25. The fraction of sp³-hybridized carbons (Fsp3) is 0.455. The van der Waals surface area contributed by atoms with Crippen molar-refractivity contribution in [2.24, 2.45) is 0 Å². The number of carbonyl (C=O) groups is 2. The number of carbonyl (C=O) groups excluding carboxylic acids is 2. The number of aliphatic hydroxyl groups is 1. The first-order chi connectivity index (χ1) is 13.9. The number of ether oxygens (including phenoxy) is 1. The predicted molar refractivity (Wildman–Crippen MR) is 111 cm³/mol. The van der Waals surface area contributed by atoms with Crippen LogP contribution in [0.4, 0.5) is 4.79 Å². The predicted octanol–water partition coefficient (Wildman–Crippen LogP) is 3.39. The molecule has 1 aromatic carbocycles. The Kier molecular flexibility index (Phi) is 5.36. The highest BCUT2D eigenvalue weighted by atomic mass is 32.1. The number of fused-ring (bicyclic) bond motifs is 2. The number of β-amino-alcohol motifs (C(OH)–C–C–N with tert-alkyl or cyclic N) is 1. The van der Waals surface area contributed by atoms with E-state index in [0.717, 1.165) is 33.7 Å². The molecule has 6 nitrogen and oxygen atoms in total. The molecule has 1 spiro atoms. The lowest BCUT2D eigenvalue weighted by Gasteiger charge is -2.31. The highest BCUT2D eigenvalue weighted by Gasteiger charge is 2.54. The molecule has 1 aliphatic heterocycles. The quantitative estimate of drug-likeness (QED) is 0.710. The SMILES string of the molecule is CC(C)c1ccccc1OC[C@H](O)CN1C(=O)N[C@@]2(CCCc3sccc32)C1=O. The number of rotatable bonds is 6. The molecular weight excluding hydrogens is 388 g/mol. The van der Waals surface area contributed by atoms with Crippen molar-refractivity contribution in [1.29, 1.82) is 0 Å². The molecule has 154 valence electrons. The highest BCUT2D eigenvalue weighted by molar-refractivity contribution is 7.10. The standard InChI is InChI=1S/C22H26N2O4S/c1-14(2)16-6-3-4-7-18(16)28-13-15(25)12-24-20(26)22(23-21(24)27)10-5-8-19-17(22)9-11-29-19/h3-4,6-7,9,11,14-15,25H,5,8,10,12-13H2,1-2H3,(H,23,27)/t15-,22-/m1/s1. The van der Waals surface area contributed by atoms with Gasteiger partial charge in [0.2, 0.25) is 0 Å². The minimum absolute atomic E-state index is 0.0114.